The summed E-state index contributed by atoms with van der Waals surface area (Å²) in [5.74, 6) is 1.26. The Morgan fingerprint density at radius 3 is 2.61 bits per heavy atom. The van der Waals surface area contributed by atoms with Gasteiger partial charge < -0.3 is 20.1 Å². The maximum Gasteiger partial charge on any atom is 0.255 e. The van der Waals surface area contributed by atoms with E-state index in [9.17, 15) is 9.18 Å². The largest absolute Gasteiger partial charge is 0.497 e. The number of methoxy groups -OCH3 is 2. The highest BCUT2D eigenvalue weighted by Crippen LogP contribution is 2.41. The topological polar surface area (TPSA) is 103 Å². The molecule has 2 aromatic heterocycles. The van der Waals surface area contributed by atoms with Gasteiger partial charge in [-0.05, 0) is 55.5 Å². The van der Waals surface area contributed by atoms with E-state index in [4.69, 9.17) is 14.6 Å². The molecule has 9 nitrogen and oxygen atoms in total. The van der Waals surface area contributed by atoms with Gasteiger partial charge >= 0.3 is 0 Å². The molecule has 182 valence electrons. The summed E-state index contributed by atoms with van der Waals surface area (Å²) < 4.78 is 26.2. The fraction of sp³-hybridized carbons (Fsp3) is 0.154. The van der Waals surface area contributed by atoms with E-state index in [1.807, 2.05) is 6.07 Å². The Morgan fingerprint density at radius 1 is 1.11 bits per heavy atom. The molecule has 1 atom stereocenters. The number of hydrogen-bond donors (Lipinski definition) is 2. The predicted molar refractivity (Wildman–Crippen MR) is 132 cm³/mol. The van der Waals surface area contributed by atoms with Crippen molar-refractivity contribution in [1.82, 2.24) is 19.7 Å². The molecule has 0 radical (unpaired) electrons. The quantitative estimate of drug-likeness (QED) is 0.416. The van der Waals surface area contributed by atoms with Crippen LogP contribution in [0.25, 0.3) is 11.4 Å². The van der Waals surface area contributed by atoms with Crippen LogP contribution >= 0.6 is 0 Å². The van der Waals surface area contributed by atoms with E-state index in [2.05, 4.69) is 20.6 Å². The third kappa shape index (κ3) is 4.24. The molecule has 3 heterocycles. The number of aromatic nitrogens is 4. The number of nitrogens with one attached hydrogen (secondary N) is 2. The van der Waals surface area contributed by atoms with Crippen LogP contribution in [0.4, 0.5) is 16.0 Å². The molecule has 1 aliphatic rings. The van der Waals surface area contributed by atoms with Crippen molar-refractivity contribution in [1.29, 1.82) is 0 Å². The number of hydrogen-bond acceptors (Lipinski definition) is 7. The van der Waals surface area contributed by atoms with Crippen molar-refractivity contribution in [2.75, 3.05) is 24.9 Å². The van der Waals surface area contributed by atoms with Gasteiger partial charge in [-0.15, -0.1) is 5.10 Å². The number of pyridine rings is 1. The third-order valence-corrected chi connectivity index (χ3v) is 5.85. The molecule has 0 spiro atoms. The lowest BCUT2D eigenvalue weighted by Crippen LogP contribution is -2.31. The first-order valence-electron chi connectivity index (χ1n) is 11.1. The number of rotatable bonds is 6. The molecule has 0 aliphatic carbocycles. The monoisotopic (exact) mass is 486 g/mol. The van der Waals surface area contributed by atoms with Gasteiger partial charge in [0.15, 0.2) is 5.82 Å². The molecule has 2 aromatic carbocycles. The summed E-state index contributed by atoms with van der Waals surface area (Å²) in [4.78, 5) is 22.3. The number of benzene rings is 2. The van der Waals surface area contributed by atoms with Crippen molar-refractivity contribution in [3.8, 4) is 22.9 Å². The summed E-state index contributed by atoms with van der Waals surface area (Å²) >= 11 is 0. The summed E-state index contributed by atoms with van der Waals surface area (Å²) in [5.41, 5.74) is 2.90. The summed E-state index contributed by atoms with van der Waals surface area (Å²) in [6.07, 6.45) is 3.20. The van der Waals surface area contributed by atoms with Crippen LogP contribution in [0.1, 0.15) is 18.5 Å². The minimum Gasteiger partial charge on any atom is -0.497 e. The molecule has 10 heteroatoms. The number of amides is 1. The lowest BCUT2D eigenvalue weighted by atomic mass is 9.94. The van der Waals surface area contributed by atoms with Gasteiger partial charge in [0.05, 0.1) is 31.7 Å². The van der Waals surface area contributed by atoms with Crippen molar-refractivity contribution >= 4 is 17.5 Å². The second kappa shape index (κ2) is 9.49. The Kier molecular flexibility index (Phi) is 6.07. The maximum absolute atomic E-state index is 13.6. The molecule has 2 N–H and O–H groups in total. The molecule has 0 saturated heterocycles. The molecule has 0 fully saturated rings. The van der Waals surface area contributed by atoms with Crippen molar-refractivity contribution < 1.29 is 18.7 Å². The fourth-order valence-electron chi connectivity index (χ4n) is 4.13. The molecule has 1 aliphatic heterocycles. The lowest BCUT2D eigenvalue weighted by molar-refractivity contribution is -0.113. The van der Waals surface area contributed by atoms with Crippen LogP contribution in [0, 0.1) is 5.82 Å². The second-order valence-electron chi connectivity index (χ2n) is 8.08. The molecule has 4 aromatic rings. The molecular formula is C26H23FN6O3. The van der Waals surface area contributed by atoms with Gasteiger partial charge in [-0.1, -0.05) is 0 Å². The summed E-state index contributed by atoms with van der Waals surface area (Å²) in [5, 5.41) is 10.8. The number of fused-ring (bicyclic) bond motifs is 1. The van der Waals surface area contributed by atoms with E-state index in [1.165, 1.54) is 12.1 Å². The van der Waals surface area contributed by atoms with Crippen LogP contribution in [0.15, 0.2) is 78.3 Å². The van der Waals surface area contributed by atoms with Crippen LogP contribution in [-0.2, 0) is 4.79 Å². The van der Waals surface area contributed by atoms with Crippen LogP contribution in [0.3, 0.4) is 0 Å². The Morgan fingerprint density at radius 2 is 1.92 bits per heavy atom. The highest BCUT2D eigenvalue weighted by molar-refractivity contribution is 6.06. The Hall–Kier alpha value is -4.73. The average molecular weight is 487 g/mol. The third-order valence-electron chi connectivity index (χ3n) is 5.85. The average Bonchev–Trinajstić information content (AvgIpc) is 3.32. The van der Waals surface area contributed by atoms with E-state index in [0.29, 0.717) is 51.4 Å². The first kappa shape index (κ1) is 23.0. The van der Waals surface area contributed by atoms with E-state index in [-0.39, 0.29) is 11.7 Å². The van der Waals surface area contributed by atoms with Gasteiger partial charge in [0.25, 0.3) is 5.91 Å². The van der Waals surface area contributed by atoms with Gasteiger partial charge in [0.2, 0.25) is 5.95 Å². The SMILES string of the molecule is COc1ccc(C2C(C(=O)Nc3cccnc3)=C(C)Nc3nc(-c4ccc(F)cc4)nn32)c(OC)c1. The number of anilines is 2. The van der Waals surface area contributed by atoms with Crippen LogP contribution < -0.4 is 20.1 Å². The van der Waals surface area contributed by atoms with E-state index < -0.39 is 6.04 Å². The molecule has 0 saturated carbocycles. The molecule has 5 rings (SSSR count). The Labute approximate surface area is 206 Å². The van der Waals surface area contributed by atoms with Crippen molar-refractivity contribution in [3.05, 3.63) is 89.6 Å². The molecule has 36 heavy (non-hydrogen) atoms. The number of carbonyl (C=O) groups is 1. The number of ether oxygens (including phenoxy) is 2. The van der Waals surface area contributed by atoms with Gasteiger partial charge in [-0.3, -0.25) is 9.78 Å². The van der Waals surface area contributed by atoms with E-state index in [0.717, 1.165) is 0 Å². The predicted octanol–water partition coefficient (Wildman–Crippen LogP) is 4.42. The highest BCUT2D eigenvalue weighted by atomic mass is 19.1. The van der Waals surface area contributed by atoms with Gasteiger partial charge in [0.1, 0.15) is 23.4 Å². The second-order valence-corrected chi connectivity index (χ2v) is 8.08. The first-order chi connectivity index (χ1) is 17.5. The van der Waals surface area contributed by atoms with Gasteiger partial charge in [-0.25, -0.2) is 9.07 Å². The van der Waals surface area contributed by atoms with Gasteiger partial charge in [0, 0.05) is 29.1 Å². The maximum atomic E-state index is 13.6. The number of nitrogens with zero attached hydrogens (tertiary/aromatic N) is 4. The standard InChI is InChI=1S/C26H23FN6O3/c1-15-22(25(34)30-18-5-4-12-28-14-18)23(20-11-10-19(35-2)13-21(20)36-3)33-26(29-15)31-24(32-33)16-6-8-17(27)9-7-16/h4-14,23H,1-3H3,(H,30,34)(H,29,31,32). The zero-order valence-corrected chi connectivity index (χ0v) is 19.8. The summed E-state index contributed by atoms with van der Waals surface area (Å²) in [6, 6.07) is 14.1. The molecular weight excluding hydrogens is 463 g/mol. The van der Waals surface area contributed by atoms with E-state index in [1.54, 1.807) is 74.6 Å². The summed E-state index contributed by atoms with van der Waals surface area (Å²) in [7, 11) is 3.12. The zero-order valence-electron chi connectivity index (χ0n) is 19.8. The summed E-state index contributed by atoms with van der Waals surface area (Å²) in [6.45, 7) is 1.80. The first-order valence-corrected chi connectivity index (χ1v) is 11.1. The lowest BCUT2D eigenvalue weighted by Gasteiger charge is -2.29. The molecule has 0 bridgehead atoms. The van der Waals surface area contributed by atoms with Crippen molar-refractivity contribution in [3.63, 3.8) is 0 Å². The van der Waals surface area contributed by atoms with Gasteiger partial charge in [-0.2, -0.15) is 4.98 Å². The minimum atomic E-state index is -0.680. The number of allylic oxidation sites excluding steroid dienone is 1. The highest BCUT2D eigenvalue weighted by Gasteiger charge is 2.36. The smallest absolute Gasteiger partial charge is 0.255 e. The molecule has 1 amide bonds. The number of halogens is 1. The Balaban J connectivity index is 1.65. The minimum absolute atomic E-state index is 0.333. The van der Waals surface area contributed by atoms with Crippen molar-refractivity contribution in [2.45, 2.75) is 13.0 Å². The normalized spacial score (nSPS) is 14.6. The van der Waals surface area contributed by atoms with Crippen LogP contribution in [-0.4, -0.2) is 39.9 Å². The van der Waals surface area contributed by atoms with Crippen molar-refractivity contribution in [2.24, 2.45) is 0 Å². The number of carbonyl (C=O) groups excluding carboxylic acids is 1. The zero-order chi connectivity index (χ0) is 25.2. The van der Waals surface area contributed by atoms with E-state index >= 15 is 0 Å². The molecule has 1 unspecified atom stereocenters. The van der Waals surface area contributed by atoms with Crippen LogP contribution in [0.2, 0.25) is 0 Å². The fourth-order valence-corrected chi connectivity index (χ4v) is 4.13. The Bertz CT molecular complexity index is 1450. The van der Waals surface area contributed by atoms with Crippen LogP contribution in [0.5, 0.6) is 11.5 Å².